The van der Waals surface area contributed by atoms with Crippen LogP contribution in [0.4, 0.5) is 67.4 Å². The van der Waals surface area contributed by atoms with E-state index in [-0.39, 0.29) is 86.1 Å². The van der Waals surface area contributed by atoms with Crippen molar-refractivity contribution in [1.29, 1.82) is 0 Å². The molecule has 46 heteroatoms. The van der Waals surface area contributed by atoms with Crippen LogP contribution in [0.2, 0.25) is 0 Å². The van der Waals surface area contributed by atoms with Gasteiger partial charge < -0.3 is 45.3 Å². The molecule has 3 aliphatic carbocycles. The van der Waals surface area contributed by atoms with Crippen LogP contribution < -0.4 is 73.3 Å². The summed E-state index contributed by atoms with van der Waals surface area (Å²) in [7, 11) is -0.694. The first kappa shape index (κ1) is 118. The summed E-state index contributed by atoms with van der Waals surface area (Å²) in [5.41, 5.74) is 24.1. The first-order valence-corrected chi connectivity index (χ1v) is 43.0. The number of aromatic amines is 1. The van der Waals surface area contributed by atoms with Crippen LogP contribution >= 0.6 is 15.6 Å². The van der Waals surface area contributed by atoms with E-state index in [1.807, 2.05) is 177 Å². The number of aromatic nitrogens is 12. The number of carboxylic acid groups (broad SMARTS) is 1. The number of nitrogens with one attached hydrogen (secondary N) is 1. The number of ether oxygens (including phenoxy) is 1. The molecule has 132 heavy (non-hydrogen) atoms. The van der Waals surface area contributed by atoms with Crippen molar-refractivity contribution in [3.63, 3.8) is 0 Å². The van der Waals surface area contributed by atoms with E-state index >= 15 is 0 Å². The summed E-state index contributed by atoms with van der Waals surface area (Å²) < 4.78 is 130. The third-order valence-electron chi connectivity index (χ3n) is 15.9. The molecule has 4 aromatic carbocycles. The molecule has 716 valence electrons. The Morgan fingerprint density at radius 2 is 0.909 bits per heavy atom. The maximum absolute atomic E-state index is 12.2. The van der Waals surface area contributed by atoms with Gasteiger partial charge in [0.1, 0.15) is 52.4 Å². The third kappa shape index (κ3) is 56.3. The van der Waals surface area contributed by atoms with Gasteiger partial charge in [0.05, 0.1) is 104 Å². The standard InChI is InChI=1S/C21H22N6O.C18H17N5O.C14H16N4O.C11H23N3.C10H12N2O2.C7H8N2O.C2H4O2.CH3O.2CH4.2F6P.Na/c1-26(2)14-24-18-11-22-21(23-12-18)17-5-3-4-15(10-17)13-27-20(28)9-8-19(25-27)16-6-7-16;19-15-9-20-18(21-10-15)14-3-1-2-12(8-14)11-23-17(24)7-6-16(22-23)13-4-5-13;1-18(2)10-17-13-7-15-14(16-8-13)12-5-3-4-11(6-12)9-19;1-12(2)8-7-11(9-13(3)4)10-14(5)6;1-7(13)14-6-8-3-2-4-9(5-8)10(11)12;10-7-4-3-6(8-9-7)5-1-2-5;1-2(3)4;1-2;;;2*1-7(2,3,4,5)6;/h3-5,8-12,14,16H,6-7,13H2,1-2H3;1-3,6-10,13H,4-5,11,19H2;3-8,10,19H,9H2,1-2H3;8-10H,7H2,1-6H3;2-5H,6H2,1H3,(H3,11,12);3-5H,1-2H2,(H,9,10);1H3,(H,3,4);1H3;2*1H4;;;/q;;;+2;;;;-1;;;2*-1;+1. The van der Waals surface area contributed by atoms with E-state index in [0.29, 0.717) is 65.4 Å². The molecule has 0 unspecified atom stereocenters. The summed E-state index contributed by atoms with van der Waals surface area (Å²) in [4.78, 5) is 94.4. The monoisotopic (exact) mass is 1910 g/mol. The number of carbonyl (C=O) groups excluding carboxylic acids is 2. The van der Waals surface area contributed by atoms with Gasteiger partial charge in [0.2, 0.25) is 0 Å². The van der Waals surface area contributed by atoms with Gasteiger partial charge in [-0.25, -0.2) is 63.5 Å². The number of rotatable bonds is 22. The Morgan fingerprint density at radius 1 is 0.553 bits per heavy atom. The Balaban J connectivity index is 0.000000773. The van der Waals surface area contributed by atoms with Gasteiger partial charge in [-0.05, 0) is 116 Å². The number of amidine groups is 1. The number of carbonyl (C=O) groups is 2. The van der Waals surface area contributed by atoms with Gasteiger partial charge in [0.25, 0.3) is 22.5 Å². The number of carboxylic acids is 1. The largest absolute Gasteiger partial charge is 1.00 e. The van der Waals surface area contributed by atoms with E-state index in [1.54, 1.807) is 80.2 Å². The van der Waals surface area contributed by atoms with Crippen molar-refractivity contribution in [2.75, 3.05) is 83.3 Å². The number of esters is 1. The number of aliphatic imine (C=N–C) groups is 2. The van der Waals surface area contributed by atoms with Gasteiger partial charge in [-0.3, -0.25) is 30.3 Å². The number of allylic oxidation sites excluding steroid dienone is 1. The Labute approximate surface area is 778 Å². The second-order valence-electron chi connectivity index (χ2n) is 29.7. The van der Waals surface area contributed by atoms with Gasteiger partial charge in [0, 0.05) is 120 Å². The molecule has 0 amide bonds. The van der Waals surface area contributed by atoms with E-state index in [2.05, 4.69) is 93.0 Å². The Hall–Kier alpha value is -12.3. The average molecular weight is 1910 g/mol. The average Bonchev–Trinajstić information content (AvgIpc) is 1.10. The van der Waals surface area contributed by atoms with Crippen molar-refractivity contribution in [3.8, 4) is 34.2 Å². The molecule has 0 saturated heterocycles. The fourth-order valence-corrected chi connectivity index (χ4v) is 10.1. The van der Waals surface area contributed by atoms with Crippen LogP contribution in [0.5, 0.6) is 0 Å². The second kappa shape index (κ2) is 52.7. The Kier molecular flexibility index (Phi) is 47.0. The molecule has 6 aromatic heterocycles. The van der Waals surface area contributed by atoms with Crippen LogP contribution in [-0.4, -0.2) is 209 Å². The summed E-state index contributed by atoms with van der Waals surface area (Å²) >= 11 is 0. The number of aliphatic hydroxyl groups excluding tert-OH is 1. The van der Waals surface area contributed by atoms with Crippen molar-refractivity contribution in [1.82, 2.24) is 74.4 Å². The smallest absolute Gasteiger partial charge is 0.396 e. The number of aliphatic hydroxyl groups is 1. The minimum absolute atomic E-state index is 0. The van der Waals surface area contributed by atoms with Crippen molar-refractivity contribution in [3.05, 3.63) is 258 Å². The molecule has 3 fully saturated rings. The fraction of sp³-hybridized carbons (Fsp3) is 0.337. The third-order valence-corrected chi connectivity index (χ3v) is 15.9. The molecule has 3 saturated carbocycles. The Bertz CT molecular complexity index is 5600. The van der Waals surface area contributed by atoms with Crippen molar-refractivity contribution < 1.29 is 124 Å². The van der Waals surface area contributed by atoms with Crippen molar-refractivity contribution >= 4 is 75.6 Å². The summed E-state index contributed by atoms with van der Waals surface area (Å²) in [6.45, 7) is 3.46. The molecule has 13 rings (SSSR count). The summed E-state index contributed by atoms with van der Waals surface area (Å²) in [5, 5.41) is 47.0. The number of halogens is 12. The predicted octanol–water partition coefficient (Wildman–Crippen LogP) is 10.1. The summed E-state index contributed by atoms with van der Waals surface area (Å²) in [6, 6.07) is 40.7. The summed E-state index contributed by atoms with van der Waals surface area (Å²) in [6.07, 6.45) is 27.8. The molecule has 0 atom stereocenters. The van der Waals surface area contributed by atoms with Crippen LogP contribution in [-0.2, 0) is 40.6 Å². The molecule has 0 aliphatic heterocycles. The molecule has 8 N–H and O–H groups in total. The number of hydrogen-bond acceptors (Lipinski definition) is 22. The molecule has 10 aromatic rings. The number of nitrogens with zero attached hydrogens (tertiary/aromatic N) is 18. The molecular weight excluding hydrogens is 1800 g/mol. The van der Waals surface area contributed by atoms with Gasteiger partial charge in [-0.2, -0.15) is 22.4 Å². The van der Waals surface area contributed by atoms with E-state index < -0.39 is 21.6 Å². The minimum Gasteiger partial charge on any atom is -0.396 e. The number of benzene rings is 4. The maximum atomic E-state index is 12.2. The zero-order valence-electron chi connectivity index (χ0n) is 74.0. The number of nitrogens with two attached hydrogens (primary N) is 3. The molecule has 3 aliphatic rings. The molecule has 0 radical (unpaired) electrons. The number of aliphatic carboxylic acids is 1. The summed E-state index contributed by atoms with van der Waals surface area (Å²) in [5.74, 6) is 2.38. The normalized spacial score (nSPS) is 13.2. The van der Waals surface area contributed by atoms with Gasteiger partial charge >= 0.3 is 102 Å². The molecular formula is C86H113F12N22NaO9P2. The number of nitrogen functional groups attached to an aromatic ring is 1. The molecule has 6 heterocycles. The molecule has 0 spiro atoms. The van der Waals surface area contributed by atoms with E-state index in [1.165, 1.54) is 40.8 Å². The maximum Gasteiger partial charge on any atom is 1.00 e. The number of H-pyrrole nitrogens is 1. The van der Waals surface area contributed by atoms with Crippen molar-refractivity contribution in [2.45, 2.75) is 118 Å². The van der Waals surface area contributed by atoms with E-state index in [0.717, 1.165) is 108 Å². The van der Waals surface area contributed by atoms with Crippen molar-refractivity contribution in [2.24, 2.45) is 15.7 Å². The first-order chi connectivity index (χ1) is 60.0. The first-order valence-electron chi connectivity index (χ1n) is 38.9. The van der Waals surface area contributed by atoms with E-state index in [4.69, 9.17) is 41.7 Å². The van der Waals surface area contributed by atoms with Crippen LogP contribution in [0.25, 0.3) is 34.2 Å². The fourth-order valence-electron chi connectivity index (χ4n) is 10.1. The number of hydrogen-bond donors (Lipinski definition) is 5. The Morgan fingerprint density at radius 3 is 1.24 bits per heavy atom. The van der Waals surface area contributed by atoms with Crippen LogP contribution in [0.3, 0.4) is 0 Å². The second-order valence-corrected chi connectivity index (χ2v) is 33.5. The van der Waals surface area contributed by atoms with Crippen LogP contribution in [0, 0.1) is 0 Å². The zero-order chi connectivity index (χ0) is 96.8. The van der Waals surface area contributed by atoms with Crippen LogP contribution in [0.1, 0.15) is 136 Å². The van der Waals surface area contributed by atoms with Crippen LogP contribution in [0.15, 0.2) is 207 Å². The zero-order valence-corrected chi connectivity index (χ0v) is 77.8. The predicted molar refractivity (Wildman–Crippen MR) is 484 cm³/mol. The molecule has 31 nitrogen and oxygen atoms in total. The SMILES string of the molecule is C.C.CC(=O)OCc1cccc(C(N)=[NH2+])c1.CC(=O)[O-].CN(C)/C=C(/C=[N+](C)C)CC=[N+](C)C.CN(C)C=Nc1cnc(-c2cccc(CO)c2)nc1.CN(C)C=Nc1cnc(-c2cccc(Cn3nc(C4CC4)ccc3=O)c2)nc1.C[O-].F[P-](F)(F)(F)(F)F.F[P-](F)(F)(F)(F)F.Nc1cnc(-c2cccc(Cn3nc(C4CC4)ccc3=O)c2)nc1.O=c1ccc(C2CC2)n[nH]1.[Na+]. The van der Waals surface area contributed by atoms with Gasteiger partial charge in [-0.1, -0.05) is 81.6 Å². The molecule has 0 bridgehead atoms. The van der Waals surface area contributed by atoms with E-state index in [9.17, 15) is 69.5 Å². The minimum atomic E-state index is -10.7. The number of anilines is 1. The van der Waals surface area contributed by atoms with Gasteiger partial charge in [-0.15, -0.1) is 0 Å². The topological polar surface area (TPSA) is 421 Å². The van der Waals surface area contributed by atoms with Gasteiger partial charge in [0.15, 0.2) is 23.7 Å². The quantitative estimate of drug-likeness (QED) is 0.00800.